The van der Waals surface area contributed by atoms with Gasteiger partial charge >= 0.3 is 0 Å². The summed E-state index contributed by atoms with van der Waals surface area (Å²) >= 11 is 0. The molecule has 0 bridgehead atoms. The van der Waals surface area contributed by atoms with Crippen molar-refractivity contribution in [3.8, 4) is 0 Å². The smallest absolute Gasteiger partial charge is 0.251 e. The van der Waals surface area contributed by atoms with Crippen LogP contribution in [0.2, 0.25) is 0 Å². The highest BCUT2D eigenvalue weighted by atomic mass is 16.3. The third-order valence-electron chi connectivity index (χ3n) is 3.43. The van der Waals surface area contributed by atoms with Crippen molar-refractivity contribution in [3.63, 3.8) is 0 Å². The molecule has 2 rings (SSSR count). The largest absolute Gasteiger partial charge is 0.469 e. The summed E-state index contributed by atoms with van der Waals surface area (Å²) in [6.45, 7) is 2.01. The van der Waals surface area contributed by atoms with E-state index in [1.165, 1.54) is 0 Å². The molecule has 2 aromatic rings. The maximum atomic E-state index is 12.1. The van der Waals surface area contributed by atoms with Gasteiger partial charge in [-0.25, -0.2) is 0 Å². The maximum absolute atomic E-state index is 12.1. The van der Waals surface area contributed by atoms with Gasteiger partial charge in [0, 0.05) is 37.8 Å². The summed E-state index contributed by atoms with van der Waals surface area (Å²) in [5.41, 5.74) is 1.77. The second-order valence-corrected chi connectivity index (χ2v) is 5.43. The van der Waals surface area contributed by atoms with Crippen LogP contribution in [0.4, 0.5) is 5.69 Å². The number of anilines is 1. The molecule has 1 N–H and O–H groups in total. The van der Waals surface area contributed by atoms with Crippen molar-refractivity contribution >= 4 is 11.6 Å². The zero-order chi connectivity index (χ0) is 15.2. The average Bonchev–Trinajstić information content (AvgIpc) is 2.98. The number of nitrogens with zero attached hydrogens (tertiary/aromatic N) is 1. The van der Waals surface area contributed by atoms with Crippen LogP contribution in [0.5, 0.6) is 0 Å². The Hall–Kier alpha value is -2.23. The third kappa shape index (κ3) is 4.38. The van der Waals surface area contributed by atoms with E-state index in [-0.39, 0.29) is 11.9 Å². The van der Waals surface area contributed by atoms with Crippen molar-refractivity contribution in [2.45, 2.75) is 25.8 Å². The fourth-order valence-corrected chi connectivity index (χ4v) is 2.10. The first-order chi connectivity index (χ1) is 10.1. The second-order valence-electron chi connectivity index (χ2n) is 5.43. The highest BCUT2D eigenvalue weighted by Crippen LogP contribution is 2.12. The van der Waals surface area contributed by atoms with Gasteiger partial charge in [-0.2, -0.15) is 0 Å². The predicted octanol–water partition coefficient (Wildman–Crippen LogP) is 3.10. The van der Waals surface area contributed by atoms with E-state index >= 15 is 0 Å². The Bertz CT molecular complexity index is 559. The minimum atomic E-state index is -0.0350. The van der Waals surface area contributed by atoms with Gasteiger partial charge < -0.3 is 14.6 Å². The third-order valence-corrected chi connectivity index (χ3v) is 3.43. The average molecular weight is 286 g/mol. The van der Waals surface area contributed by atoms with Gasteiger partial charge in [0.1, 0.15) is 5.76 Å². The summed E-state index contributed by atoms with van der Waals surface area (Å²) < 4.78 is 5.29. The van der Waals surface area contributed by atoms with Crippen LogP contribution in [-0.4, -0.2) is 26.0 Å². The molecule has 1 unspecified atom stereocenters. The highest BCUT2D eigenvalue weighted by molar-refractivity contribution is 5.94. The minimum absolute atomic E-state index is 0.0350. The van der Waals surface area contributed by atoms with Crippen LogP contribution in [0.3, 0.4) is 0 Å². The summed E-state index contributed by atoms with van der Waals surface area (Å²) in [5.74, 6) is 0.915. The van der Waals surface area contributed by atoms with E-state index in [2.05, 4.69) is 5.32 Å². The molecule has 21 heavy (non-hydrogen) atoms. The van der Waals surface area contributed by atoms with Crippen molar-refractivity contribution in [2.24, 2.45) is 0 Å². The number of carbonyl (C=O) groups is 1. The molecular weight excluding hydrogens is 264 g/mol. The quantitative estimate of drug-likeness (QED) is 0.887. The van der Waals surface area contributed by atoms with Crippen LogP contribution in [-0.2, 0) is 6.42 Å². The molecule has 0 aliphatic heterocycles. The number of aryl methyl sites for hydroxylation is 1. The van der Waals surface area contributed by atoms with Gasteiger partial charge in [0.25, 0.3) is 5.91 Å². The Labute approximate surface area is 125 Å². The molecule has 1 aromatic carbocycles. The number of furan rings is 1. The van der Waals surface area contributed by atoms with Crippen molar-refractivity contribution in [3.05, 3.63) is 54.0 Å². The molecule has 0 saturated carbocycles. The molecule has 1 atom stereocenters. The summed E-state index contributed by atoms with van der Waals surface area (Å²) in [7, 11) is 3.96. The van der Waals surface area contributed by atoms with E-state index in [9.17, 15) is 4.79 Å². The number of benzene rings is 1. The molecule has 1 aromatic heterocycles. The molecule has 1 amide bonds. The first-order valence-electron chi connectivity index (χ1n) is 7.17. The van der Waals surface area contributed by atoms with Gasteiger partial charge in [-0.1, -0.05) is 0 Å². The van der Waals surface area contributed by atoms with Crippen LogP contribution in [0.25, 0.3) is 0 Å². The number of carbonyl (C=O) groups excluding carboxylic acids is 1. The zero-order valence-corrected chi connectivity index (χ0v) is 12.8. The Balaban J connectivity index is 1.85. The van der Waals surface area contributed by atoms with E-state index in [0.29, 0.717) is 5.56 Å². The van der Waals surface area contributed by atoms with E-state index in [1.807, 2.05) is 62.3 Å². The maximum Gasteiger partial charge on any atom is 0.251 e. The molecule has 0 saturated heterocycles. The lowest BCUT2D eigenvalue weighted by Crippen LogP contribution is -2.32. The molecule has 4 heteroatoms. The Kier molecular flexibility index (Phi) is 5.04. The number of rotatable bonds is 6. The van der Waals surface area contributed by atoms with Crippen molar-refractivity contribution in [1.29, 1.82) is 0 Å². The van der Waals surface area contributed by atoms with E-state index in [1.54, 1.807) is 6.26 Å². The molecule has 0 radical (unpaired) electrons. The van der Waals surface area contributed by atoms with Crippen LogP contribution in [0.1, 0.15) is 29.5 Å². The van der Waals surface area contributed by atoms with Crippen molar-refractivity contribution < 1.29 is 9.21 Å². The normalized spacial score (nSPS) is 12.0. The van der Waals surface area contributed by atoms with Gasteiger partial charge in [0.05, 0.1) is 6.26 Å². The molecule has 0 aliphatic carbocycles. The van der Waals surface area contributed by atoms with Crippen LogP contribution >= 0.6 is 0 Å². The first kappa shape index (κ1) is 15.2. The molecule has 0 aliphatic rings. The van der Waals surface area contributed by atoms with Gasteiger partial charge in [-0.3, -0.25) is 4.79 Å². The molecule has 4 nitrogen and oxygen atoms in total. The molecule has 1 heterocycles. The first-order valence-corrected chi connectivity index (χ1v) is 7.17. The van der Waals surface area contributed by atoms with E-state index in [0.717, 1.165) is 24.3 Å². The SMILES string of the molecule is CC(CCc1ccco1)NC(=O)c1ccc(N(C)C)cc1. The molecule has 112 valence electrons. The van der Waals surface area contributed by atoms with Crippen LogP contribution < -0.4 is 10.2 Å². The lowest BCUT2D eigenvalue weighted by molar-refractivity contribution is 0.0938. The number of hydrogen-bond acceptors (Lipinski definition) is 3. The van der Waals surface area contributed by atoms with Crippen molar-refractivity contribution in [1.82, 2.24) is 5.32 Å². The summed E-state index contributed by atoms with van der Waals surface area (Å²) in [5, 5.41) is 3.01. The van der Waals surface area contributed by atoms with E-state index < -0.39 is 0 Å². The monoisotopic (exact) mass is 286 g/mol. The topological polar surface area (TPSA) is 45.5 Å². The Morgan fingerprint density at radius 2 is 1.95 bits per heavy atom. The summed E-state index contributed by atoms with van der Waals surface area (Å²) in [4.78, 5) is 14.2. The number of amides is 1. The lowest BCUT2D eigenvalue weighted by atomic mass is 10.1. The van der Waals surface area contributed by atoms with E-state index in [4.69, 9.17) is 4.42 Å². The van der Waals surface area contributed by atoms with Crippen LogP contribution in [0.15, 0.2) is 47.1 Å². The Morgan fingerprint density at radius 1 is 1.24 bits per heavy atom. The minimum Gasteiger partial charge on any atom is -0.469 e. The van der Waals surface area contributed by atoms with Gasteiger partial charge in [0.2, 0.25) is 0 Å². The van der Waals surface area contributed by atoms with Crippen LogP contribution in [0, 0.1) is 0 Å². The molecular formula is C17H22N2O2. The fourth-order valence-electron chi connectivity index (χ4n) is 2.10. The van der Waals surface area contributed by atoms with Crippen molar-refractivity contribution in [2.75, 3.05) is 19.0 Å². The summed E-state index contributed by atoms with van der Waals surface area (Å²) in [6.07, 6.45) is 3.36. The fraction of sp³-hybridized carbons (Fsp3) is 0.353. The van der Waals surface area contributed by atoms with Gasteiger partial charge in [0.15, 0.2) is 0 Å². The second kappa shape index (κ2) is 6.97. The lowest BCUT2D eigenvalue weighted by Gasteiger charge is -2.15. The molecule has 0 spiro atoms. The summed E-state index contributed by atoms with van der Waals surface area (Å²) in [6, 6.07) is 11.5. The standard InChI is InChI=1S/C17H22N2O2/c1-13(6-11-16-5-4-12-21-16)18-17(20)14-7-9-15(10-8-14)19(2)3/h4-5,7-10,12-13H,6,11H2,1-3H3,(H,18,20). The zero-order valence-electron chi connectivity index (χ0n) is 12.8. The van der Waals surface area contributed by atoms with Gasteiger partial charge in [-0.15, -0.1) is 0 Å². The van der Waals surface area contributed by atoms with Gasteiger partial charge in [-0.05, 0) is 49.7 Å². The highest BCUT2D eigenvalue weighted by Gasteiger charge is 2.10. The Morgan fingerprint density at radius 3 is 2.52 bits per heavy atom. The predicted molar refractivity (Wildman–Crippen MR) is 84.7 cm³/mol. The molecule has 0 fully saturated rings. The number of hydrogen-bond donors (Lipinski definition) is 1. The number of nitrogens with one attached hydrogen (secondary N) is 1.